The van der Waals surface area contributed by atoms with Crippen LogP contribution in [0.2, 0.25) is 0 Å². The molecule has 0 bridgehead atoms. The summed E-state index contributed by atoms with van der Waals surface area (Å²) in [4.78, 5) is 2.30. The number of aromatic nitrogens is 2. The monoisotopic (exact) mass is 329 g/mol. The Labute approximate surface area is 123 Å². The van der Waals surface area contributed by atoms with E-state index in [-0.39, 0.29) is 0 Å². The Hall–Kier alpha value is -0.390. The number of nitrogens with zero attached hydrogens (tertiary/aromatic N) is 3. The predicted molar refractivity (Wildman–Crippen MR) is 80.3 cm³/mol. The molecule has 0 amide bonds. The molecule has 0 saturated carbocycles. The van der Waals surface area contributed by atoms with Gasteiger partial charge in [-0.1, -0.05) is 0 Å². The third-order valence-corrected chi connectivity index (χ3v) is 5.12. The first-order valence-corrected chi connectivity index (χ1v) is 7.87. The number of aryl methyl sites for hydroxylation is 2. The van der Waals surface area contributed by atoms with Crippen molar-refractivity contribution in [2.24, 2.45) is 0 Å². The van der Waals surface area contributed by atoms with Crippen LogP contribution in [-0.2, 0) is 13.0 Å². The van der Waals surface area contributed by atoms with E-state index >= 15 is 0 Å². The summed E-state index contributed by atoms with van der Waals surface area (Å²) in [6.45, 7) is 6.98. The Balaban J connectivity index is 2.19. The Morgan fingerprint density at radius 3 is 2.79 bits per heavy atom. The van der Waals surface area contributed by atoms with Crippen LogP contribution in [0, 0.1) is 6.92 Å². The van der Waals surface area contributed by atoms with E-state index in [2.05, 4.69) is 39.9 Å². The largest absolute Gasteiger partial charge is 0.389 e. The Bertz CT molecular complexity index is 446. The van der Waals surface area contributed by atoms with Crippen LogP contribution in [0.25, 0.3) is 0 Å². The van der Waals surface area contributed by atoms with Gasteiger partial charge in [-0.25, -0.2) is 0 Å². The lowest BCUT2D eigenvalue weighted by molar-refractivity contribution is 0.0242. The molecule has 1 aliphatic rings. The summed E-state index contributed by atoms with van der Waals surface area (Å²) in [5.74, 6) is 0. The Kier molecular flexibility index (Phi) is 4.69. The van der Waals surface area contributed by atoms with Gasteiger partial charge in [0.05, 0.1) is 21.5 Å². The molecule has 1 unspecified atom stereocenters. The summed E-state index contributed by atoms with van der Waals surface area (Å²) in [5, 5.41) is 15.4. The smallest absolute Gasteiger partial charge is 0.0738 e. The van der Waals surface area contributed by atoms with Crippen LogP contribution in [0.3, 0.4) is 0 Å². The number of hydrogen-bond acceptors (Lipinski definition) is 3. The Morgan fingerprint density at radius 2 is 2.11 bits per heavy atom. The summed E-state index contributed by atoms with van der Waals surface area (Å²) in [5.41, 5.74) is 1.55. The van der Waals surface area contributed by atoms with E-state index in [1.807, 2.05) is 11.6 Å². The fraction of sp³-hybridized carbons (Fsp3) is 0.786. The first-order chi connectivity index (χ1) is 8.95. The fourth-order valence-corrected chi connectivity index (χ4v) is 3.26. The van der Waals surface area contributed by atoms with Crippen LogP contribution in [0.4, 0.5) is 0 Å². The summed E-state index contributed by atoms with van der Waals surface area (Å²) in [6, 6.07) is 0. The second kappa shape index (κ2) is 5.94. The molecule has 0 aliphatic carbocycles. The van der Waals surface area contributed by atoms with Crippen LogP contribution >= 0.6 is 15.9 Å². The molecule has 19 heavy (non-hydrogen) atoms. The summed E-state index contributed by atoms with van der Waals surface area (Å²) < 4.78 is 3.06. The summed E-state index contributed by atoms with van der Waals surface area (Å²) >= 11 is 3.62. The molecule has 1 aliphatic heterocycles. The Morgan fingerprint density at radius 1 is 1.37 bits per heavy atom. The molecule has 0 aromatic carbocycles. The molecule has 0 radical (unpaired) electrons. The van der Waals surface area contributed by atoms with Gasteiger partial charge in [-0.3, -0.25) is 4.68 Å². The lowest BCUT2D eigenvalue weighted by atomic mass is 9.89. The zero-order valence-electron chi connectivity index (χ0n) is 12.1. The fourth-order valence-electron chi connectivity index (χ4n) is 2.84. The normalized spacial score (nSPS) is 25.5. The van der Waals surface area contributed by atoms with Gasteiger partial charge in [-0.15, -0.1) is 0 Å². The first kappa shape index (κ1) is 15.0. The highest BCUT2D eigenvalue weighted by molar-refractivity contribution is 9.10. The van der Waals surface area contributed by atoms with Gasteiger partial charge in [0.1, 0.15) is 0 Å². The highest BCUT2D eigenvalue weighted by Crippen LogP contribution is 2.30. The van der Waals surface area contributed by atoms with Crippen molar-refractivity contribution in [2.45, 2.75) is 51.7 Å². The number of aliphatic hydroxyl groups is 1. The van der Waals surface area contributed by atoms with Gasteiger partial charge in [0, 0.05) is 19.5 Å². The van der Waals surface area contributed by atoms with Gasteiger partial charge >= 0.3 is 0 Å². The third-order valence-electron chi connectivity index (χ3n) is 4.09. The number of hydrogen-bond donors (Lipinski definition) is 1. The van der Waals surface area contributed by atoms with Crippen molar-refractivity contribution >= 4 is 15.9 Å². The maximum atomic E-state index is 10.9. The zero-order valence-corrected chi connectivity index (χ0v) is 13.7. The predicted octanol–water partition coefficient (Wildman–Crippen LogP) is 2.36. The SMILES string of the molecule is CCn1nc(C)c(Br)c1CC1(O)CCCN(C)CC1. The van der Waals surface area contributed by atoms with Gasteiger partial charge < -0.3 is 10.0 Å². The number of halogens is 1. The number of likely N-dealkylation sites (tertiary alicyclic amines) is 1. The van der Waals surface area contributed by atoms with Crippen LogP contribution in [0.5, 0.6) is 0 Å². The first-order valence-electron chi connectivity index (χ1n) is 7.08. The van der Waals surface area contributed by atoms with Crippen molar-refractivity contribution in [3.63, 3.8) is 0 Å². The minimum atomic E-state index is -0.591. The molecule has 2 rings (SSSR count). The van der Waals surface area contributed by atoms with Crippen LogP contribution in [-0.4, -0.2) is 45.5 Å². The molecule has 0 spiro atoms. The minimum absolute atomic E-state index is 0.591. The second-order valence-corrected chi connectivity index (χ2v) is 6.51. The van der Waals surface area contributed by atoms with Gasteiger partial charge in [0.2, 0.25) is 0 Å². The van der Waals surface area contributed by atoms with E-state index in [1.165, 1.54) is 0 Å². The van der Waals surface area contributed by atoms with Crippen molar-refractivity contribution in [2.75, 3.05) is 20.1 Å². The molecular weight excluding hydrogens is 306 g/mol. The highest BCUT2D eigenvalue weighted by atomic mass is 79.9. The van der Waals surface area contributed by atoms with Crippen LogP contribution in [0.1, 0.15) is 37.6 Å². The van der Waals surface area contributed by atoms with E-state index in [1.54, 1.807) is 0 Å². The molecule has 4 nitrogen and oxygen atoms in total. The molecule has 1 fully saturated rings. The zero-order chi connectivity index (χ0) is 14.0. The van der Waals surface area contributed by atoms with E-state index < -0.39 is 5.60 Å². The van der Waals surface area contributed by atoms with E-state index in [9.17, 15) is 5.11 Å². The maximum absolute atomic E-state index is 10.9. The van der Waals surface area contributed by atoms with Crippen molar-refractivity contribution in [3.05, 3.63) is 15.9 Å². The maximum Gasteiger partial charge on any atom is 0.0738 e. The molecule has 108 valence electrons. The van der Waals surface area contributed by atoms with Crippen molar-refractivity contribution in [3.8, 4) is 0 Å². The average Bonchev–Trinajstić information content (AvgIpc) is 2.53. The molecular formula is C14H24BrN3O. The molecule has 1 atom stereocenters. The topological polar surface area (TPSA) is 41.3 Å². The summed E-state index contributed by atoms with van der Waals surface area (Å²) in [7, 11) is 2.13. The molecule has 1 aromatic heterocycles. The molecule has 5 heteroatoms. The lowest BCUT2D eigenvalue weighted by Crippen LogP contribution is -2.33. The van der Waals surface area contributed by atoms with Gasteiger partial charge in [-0.2, -0.15) is 5.10 Å². The lowest BCUT2D eigenvalue weighted by Gasteiger charge is -2.27. The van der Waals surface area contributed by atoms with Crippen molar-refractivity contribution in [1.82, 2.24) is 14.7 Å². The van der Waals surface area contributed by atoms with Gasteiger partial charge in [0.15, 0.2) is 0 Å². The second-order valence-electron chi connectivity index (χ2n) is 5.72. The van der Waals surface area contributed by atoms with Gasteiger partial charge in [-0.05, 0) is 62.6 Å². The van der Waals surface area contributed by atoms with E-state index in [0.717, 1.165) is 54.8 Å². The molecule has 1 aromatic rings. The standard InChI is InChI=1S/C14H24BrN3O/c1-4-18-12(13(15)11(2)16-18)10-14(19)6-5-8-17(3)9-7-14/h19H,4-10H2,1-3H3. The molecule has 2 heterocycles. The number of rotatable bonds is 3. The van der Waals surface area contributed by atoms with Crippen LogP contribution < -0.4 is 0 Å². The summed E-state index contributed by atoms with van der Waals surface area (Å²) in [6.07, 6.45) is 3.46. The van der Waals surface area contributed by atoms with E-state index in [0.29, 0.717) is 6.42 Å². The quantitative estimate of drug-likeness (QED) is 0.925. The molecule has 1 saturated heterocycles. The van der Waals surface area contributed by atoms with Crippen molar-refractivity contribution in [1.29, 1.82) is 0 Å². The van der Waals surface area contributed by atoms with Crippen LogP contribution in [0.15, 0.2) is 4.47 Å². The molecule has 1 N–H and O–H groups in total. The third kappa shape index (κ3) is 3.38. The van der Waals surface area contributed by atoms with Crippen molar-refractivity contribution < 1.29 is 5.11 Å². The van der Waals surface area contributed by atoms with Gasteiger partial charge in [0.25, 0.3) is 0 Å². The highest BCUT2D eigenvalue weighted by Gasteiger charge is 2.32. The minimum Gasteiger partial charge on any atom is -0.389 e. The van der Waals surface area contributed by atoms with E-state index in [4.69, 9.17) is 0 Å². The average molecular weight is 330 g/mol.